The number of ether oxygens (including phenoxy) is 2. The highest BCUT2D eigenvalue weighted by Crippen LogP contribution is 2.36. The Morgan fingerprint density at radius 3 is 2.79 bits per heavy atom. The smallest absolute Gasteiger partial charge is 0.157 e. The highest BCUT2D eigenvalue weighted by molar-refractivity contribution is 5.83. The Labute approximate surface area is 162 Å². The Hall–Kier alpha value is -2.51. The van der Waals surface area contributed by atoms with E-state index in [-0.39, 0.29) is 41.7 Å². The van der Waals surface area contributed by atoms with Crippen LogP contribution in [0.15, 0.2) is 36.4 Å². The molecule has 1 N–H and O–H groups in total. The summed E-state index contributed by atoms with van der Waals surface area (Å²) in [5.41, 5.74) is 0.363. The zero-order valence-corrected chi connectivity index (χ0v) is 15.8. The van der Waals surface area contributed by atoms with Crippen molar-refractivity contribution in [3.05, 3.63) is 59.2 Å². The lowest BCUT2D eigenvalue weighted by molar-refractivity contribution is -0.00825. The Morgan fingerprint density at radius 2 is 2.07 bits per heavy atom. The van der Waals surface area contributed by atoms with Crippen LogP contribution in [0.5, 0.6) is 11.5 Å². The minimum atomic E-state index is -0.495. The van der Waals surface area contributed by atoms with Gasteiger partial charge in [0.2, 0.25) is 0 Å². The number of nitrogens with zero attached hydrogens (tertiary/aromatic N) is 1. The van der Waals surface area contributed by atoms with Gasteiger partial charge in [-0.05, 0) is 42.8 Å². The number of hydrogen-bond donors (Lipinski definition) is 1. The van der Waals surface area contributed by atoms with Crippen LogP contribution in [0.1, 0.15) is 28.8 Å². The van der Waals surface area contributed by atoms with Crippen molar-refractivity contribution < 1.29 is 28.2 Å². The zero-order chi connectivity index (χ0) is 20.3. The Morgan fingerprint density at radius 1 is 1.29 bits per heavy atom. The van der Waals surface area contributed by atoms with Gasteiger partial charge in [-0.2, -0.15) is 0 Å². The van der Waals surface area contributed by atoms with Gasteiger partial charge in [0.05, 0.1) is 12.2 Å². The van der Waals surface area contributed by atoms with Crippen molar-refractivity contribution in [2.75, 3.05) is 26.8 Å². The predicted octanol–water partition coefficient (Wildman–Crippen LogP) is 3.57. The third kappa shape index (κ3) is 4.15. The predicted molar refractivity (Wildman–Crippen MR) is 99.6 cm³/mol. The summed E-state index contributed by atoms with van der Waals surface area (Å²) in [6.07, 6.45) is 0.345. The van der Waals surface area contributed by atoms with Gasteiger partial charge >= 0.3 is 0 Å². The average Bonchev–Trinajstić information content (AvgIpc) is 3.11. The highest BCUT2D eigenvalue weighted by Gasteiger charge is 2.38. The van der Waals surface area contributed by atoms with E-state index in [0.29, 0.717) is 24.9 Å². The van der Waals surface area contributed by atoms with Gasteiger partial charge in [-0.25, -0.2) is 8.78 Å². The van der Waals surface area contributed by atoms with E-state index in [2.05, 4.69) is 0 Å². The van der Waals surface area contributed by atoms with Crippen molar-refractivity contribution in [1.82, 2.24) is 4.90 Å². The van der Waals surface area contributed by atoms with Crippen LogP contribution in [-0.4, -0.2) is 49.3 Å². The second-order valence-corrected chi connectivity index (χ2v) is 6.94. The van der Waals surface area contributed by atoms with Gasteiger partial charge in [0.15, 0.2) is 6.29 Å². The zero-order valence-electron chi connectivity index (χ0n) is 15.8. The normalized spacial score (nSPS) is 20.9. The van der Waals surface area contributed by atoms with E-state index in [9.17, 15) is 18.7 Å². The van der Waals surface area contributed by atoms with E-state index in [0.717, 1.165) is 12.1 Å². The van der Waals surface area contributed by atoms with Crippen LogP contribution in [0.3, 0.4) is 0 Å². The van der Waals surface area contributed by atoms with Gasteiger partial charge in [-0.1, -0.05) is 6.07 Å². The summed E-state index contributed by atoms with van der Waals surface area (Å²) >= 11 is 0. The number of likely N-dealkylation sites (tertiary alicyclic amines) is 1. The van der Waals surface area contributed by atoms with Gasteiger partial charge in [0.1, 0.15) is 29.4 Å². The van der Waals surface area contributed by atoms with Crippen molar-refractivity contribution in [3.8, 4) is 11.5 Å². The van der Waals surface area contributed by atoms with E-state index < -0.39 is 11.6 Å². The van der Waals surface area contributed by atoms with Crippen molar-refractivity contribution in [1.29, 1.82) is 0 Å². The van der Waals surface area contributed by atoms with Crippen LogP contribution in [0.4, 0.5) is 8.78 Å². The summed E-state index contributed by atoms with van der Waals surface area (Å²) < 4.78 is 39.3. The number of aldehydes is 1. The molecule has 1 fully saturated rings. The van der Waals surface area contributed by atoms with E-state index in [1.165, 1.54) is 12.1 Å². The monoisotopic (exact) mass is 391 g/mol. The van der Waals surface area contributed by atoms with E-state index in [1.54, 1.807) is 19.2 Å². The fourth-order valence-electron chi connectivity index (χ4n) is 3.64. The molecule has 150 valence electrons. The number of halogens is 2. The molecule has 2 aromatic carbocycles. The summed E-state index contributed by atoms with van der Waals surface area (Å²) in [6, 6.07) is 8.02. The molecule has 0 aliphatic carbocycles. The van der Waals surface area contributed by atoms with E-state index in [1.807, 2.05) is 11.8 Å². The molecule has 2 unspecified atom stereocenters. The van der Waals surface area contributed by atoms with Crippen LogP contribution >= 0.6 is 0 Å². The van der Waals surface area contributed by atoms with Crippen LogP contribution in [0.25, 0.3) is 0 Å². The lowest BCUT2D eigenvalue weighted by atomic mass is 9.89. The third-order valence-electron chi connectivity index (χ3n) is 5.30. The van der Waals surface area contributed by atoms with Crippen molar-refractivity contribution in [2.45, 2.75) is 19.1 Å². The summed E-state index contributed by atoms with van der Waals surface area (Å²) in [5, 5.41) is 9.80. The number of phenols is 1. The maximum atomic E-state index is 14.4. The maximum absolute atomic E-state index is 14.4. The molecule has 0 saturated carbocycles. The van der Waals surface area contributed by atoms with E-state index >= 15 is 0 Å². The van der Waals surface area contributed by atoms with Crippen LogP contribution in [0.2, 0.25) is 0 Å². The molecule has 0 bridgehead atoms. The molecule has 0 spiro atoms. The van der Waals surface area contributed by atoms with Gasteiger partial charge < -0.3 is 14.6 Å². The number of carbonyl (C=O) groups is 1. The number of carbonyl (C=O) groups excluding carboxylic acids is 1. The summed E-state index contributed by atoms with van der Waals surface area (Å²) in [5.74, 6) is -1.33. The average molecular weight is 391 g/mol. The molecule has 0 aromatic heterocycles. The van der Waals surface area contributed by atoms with Crippen LogP contribution in [0, 0.1) is 17.6 Å². The highest BCUT2D eigenvalue weighted by atomic mass is 19.1. The Balaban J connectivity index is 1.85. The first kappa shape index (κ1) is 20.2. The first-order chi connectivity index (χ1) is 13.4. The quantitative estimate of drug-likeness (QED) is 0.732. The molecule has 1 aliphatic rings. The first-order valence-electron chi connectivity index (χ1n) is 9.06. The number of rotatable bonds is 7. The topological polar surface area (TPSA) is 59.0 Å². The summed E-state index contributed by atoms with van der Waals surface area (Å²) in [6.45, 7) is 3.12. The standard InChI is InChI=1S/C21H23F2NO4/c1-13(27-2)24-9-14(12-28-21-5-3-4-20(26)18(21)11-25)17(10-24)16-8-15(22)6-7-19(16)23/h3-8,11,13-14,17,26H,9-10,12H2,1-2H3/t13?,14?,17-/m1/s1. The molecular formula is C21H23F2NO4. The number of hydrogen-bond acceptors (Lipinski definition) is 5. The first-order valence-corrected chi connectivity index (χ1v) is 9.06. The van der Waals surface area contributed by atoms with Crippen LogP contribution < -0.4 is 4.74 Å². The maximum Gasteiger partial charge on any atom is 0.157 e. The van der Waals surface area contributed by atoms with Crippen molar-refractivity contribution in [2.24, 2.45) is 5.92 Å². The summed E-state index contributed by atoms with van der Waals surface area (Å²) in [4.78, 5) is 13.3. The number of benzene rings is 2. The molecule has 0 radical (unpaired) electrons. The molecule has 3 atom stereocenters. The van der Waals surface area contributed by atoms with Crippen molar-refractivity contribution >= 4 is 6.29 Å². The third-order valence-corrected chi connectivity index (χ3v) is 5.30. The molecule has 0 amide bonds. The Kier molecular flexibility index (Phi) is 6.26. The molecule has 1 saturated heterocycles. The summed E-state index contributed by atoms with van der Waals surface area (Å²) in [7, 11) is 1.59. The molecule has 3 rings (SSSR count). The molecule has 1 heterocycles. The molecule has 7 heteroatoms. The van der Waals surface area contributed by atoms with E-state index in [4.69, 9.17) is 9.47 Å². The second kappa shape index (κ2) is 8.67. The van der Waals surface area contributed by atoms with Crippen molar-refractivity contribution in [3.63, 3.8) is 0 Å². The van der Waals surface area contributed by atoms with Gasteiger partial charge in [0.25, 0.3) is 0 Å². The Bertz CT molecular complexity index is 845. The SMILES string of the molecule is COC(C)N1CC(COc2cccc(O)c2C=O)[C@H](c2cc(F)ccc2F)C1. The molecular weight excluding hydrogens is 368 g/mol. The molecule has 5 nitrogen and oxygen atoms in total. The number of phenolic OH excluding ortho intramolecular Hbond substituents is 1. The molecule has 1 aliphatic heterocycles. The second-order valence-electron chi connectivity index (χ2n) is 6.94. The fourth-order valence-corrected chi connectivity index (χ4v) is 3.64. The minimum Gasteiger partial charge on any atom is -0.507 e. The van der Waals surface area contributed by atoms with Gasteiger partial charge in [-0.15, -0.1) is 0 Å². The molecule has 2 aromatic rings. The van der Waals surface area contributed by atoms with Gasteiger partial charge in [0, 0.05) is 32.0 Å². The van der Waals surface area contributed by atoms with Gasteiger partial charge in [-0.3, -0.25) is 9.69 Å². The van der Waals surface area contributed by atoms with Crippen LogP contribution in [-0.2, 0) is 4.74 Å². The number of methoxy groups -OCH3 is 1. The lowest BCUT2D eigenvalue weighted by Crippen LogP contribution is -2.32. The largest absolute Gasteiger partial charge is 0.507 e. The number of aromatic hydroxyl groups is 1. The molecule has 28 heavy (non-hydrogen) atoms. The fraction of sp³-hybridized carbons (Fsp3) is 0.381. The minimum absolute atomic E-state index is 0.0658. The lowest BCUT2D eigenvalue weighted by Gasteiger charge is -2.22.